The van der Waals surface area contributed by atoms with Gasteiger partial charge in [-0.2, -0.15) is 0 Å². The number of nitrogens with zero attached hydrogens (tertiary/aromatic N) is 5. The first kappa shape index (κ1) is 21.3. The number of esters is 1. The van der Waals surface area contributed by atoms with E-state index in [2.05, 4.69) is 20.4 Å². The van der Waals surface area contributed by atoms with Gasteiger partial charge in [0.15, 0.2) is 0 Å². The summed E-state index contributed by atoms with van der Waals surface area (Å²) in [5.74, 6) is -2.28. The van der Waals surface area contributed by atoms with Crippen LogP contribution in [0.1, 0.15) is 31.6 Å². The van der Waals surface area contributed by atoms with Gasteiger partial charge >= 0.3 is 23.5 Å². The van der Waals surface area contributed by atoms with E-state index in [1.165, 1.54) is 46.2 Å². The van der Waals surface area contributed by atoms with Gasteiger partial charge in [-0.3, -0.25) is 9.59 Å². The Balaban J connectivity index is 1.75. The molecule has 2 N–H and O–H groups in total. The first-order valence-electron chi connectivity index (χ1n) is 8.82. The number of hydrogen-bond donors (Lipinski definition) is 2. The number of aromatic nitrogens is 4. The summed E-state index contributed by atoms with van der Waals surface area (Å²) in [7, 11) is 5.97. The quantitative estimate of drug-likeness (QED) is 0.340. The second-order valence-corrected chi connectivity index (χ2v) is 6.64. The molecule has 0 atom stereocenters. The third kappa shape index (κ3) is 4.29. The second kappa shape index (κ2) is 8.14. The summed E-state index contributed by atoms with van der Waals surface area (Å²) in [6.45, 7) is 0. The van der Waals surface area contributed by atoms with Crippen LogP contribution in [-0.4, -0.2) is 48.5 Å². The van der Waals surface area contributed by atoms with Crippen LogP contribution in [0.5, 0.6) is 0 Å². The van der Waals surface area contributed by atoms with E-state index in [-0.39, 0.29) is 17.2 Å². The Morgan fingerprint density at radius 1 is 0.935 bits per heavy atom. The Morgan fingerprint density at radius 2 is 1.48 bits per heavy atom. The van der Waals surface area contributed by atoms with Crippen LogP contribution in [0.4, 0.5) is 17.2 Å². The van der Waals surface area contributed by atoms with E-state index in [9.17, 15) is 24.5 Å². The number of nitro groups is 1. The van der Waals surface area contributed by atoms with Crippen molar-refractivity contribution >= 4 is 35.0 Å². The van der Waals surface area contributed by atoms with Crippen molar-refractivity contribution in [3.63, 3.8) is 0 Å². The zero-order chi connectivity index (χ0) is 22.9. The molecule has 13 nitrogen and oxygen atoms in total. The number of rotatable bonds is 6. The van der Waals surface area contributed by atoms with E-state index in [0.717, 1.165) is 6.20 Å². The van der Waals surface area contributed by atoms with Crippen molar-refractivity contribution < 1.29 is 24.0 Å². The van der Waals surface area contributed by atoms with E-state index in [0.29, 0.717) is 11.4 Å². The van der Waals surface area contributed by atoms with Crippen molar-refractivity contribution in [2.24, 2.45) is 21.1 Å². The summed E-state index contributed by atoms with van der Waals surface area (Å²) in [5, 5.41) is 16.0. The second-order valence-electron chi connectivity index (χ2n) is 6.64. The standard InChI is InChI=1S/C18H19N7O6/c1-22-7-10(20-17(27)15-21-14(25(29)30)9-24(15)3)5-12(22)16(26)19-11-6-13(18(28)31-4)23(2)8-11/h5-9H,1-4H3,(H,19,26)(H,20,27). The lowest BCUT2D eigenvalue weighted by Crippen LogP contribution is -2.16. The van der Waals surface area contributed by atoms with Gasteiger partial charge in [-0.1, -0.05) is 0 Å². The zero-order valence-corrected chi connectivity index (χ0v) is 17.1. The van der Waals surface area contributed by atoms with Gasteiger partial charge in [0, 0.05) is 33.5 Å². The number of carbonyl (C=O) groups excluding carboxylic acids is 3. The number of ether oxygens (including phenoxy) is 1. The highest BCUT2D eigenvalue weighted by atomic mass is 16.6. The molecule has 0 saturated carbocycles. The first-order valence-corrected chi connectivity index (χ1v) is 8.82. The van der Waals surface area contributed by atoms with Crippen LogP contribution in [0.25, 0.3) is 0 Å². The molecule has 2 amide bonds. The fourth-order valence-corrected chi connectivity index (χ4v) is 2.93. The number of methoxy groups -OCH3 is 1. The van der Waals surface area contributed by atoms with Crippen LogP contribution in [0, 0.1) is 10.1 Å². The maximum atomic E-state index is 12.6. The Hall–Kier alpha value is -4.42. The summed E-state index contributed by atoms with van der Waals surface area (Å²) < 4.78 is 8.93. The average Bonchev–Trinajstić information content (AvgIpc) is 3.37. The van der Waals surface area contributed by atoms with Gasteiger partial charge in [0.25, 0.3) is 5.91 Å². The summed E-state index contributed by atoms with van der Waals surface area (Å²) in [6.07, 6.45) is 4.19. The van der Waals surface area contributed by atoms with Gasteiger partial charge in [0.1, 0.15) is 17.6 Å². The molecule has 0 saturated heterocycles. The summed E-state index contributed by atoms with van der Waals surface area (Å²) >= 11 is 0. The molecule has 13 heteroatoms. The molecule has 0 aliphatic carbocycles. The molecule has 0 radical (unpaired) electrons. The molecule has 31 heavy (non-hydrogen) atoms. The molecular formula is C18H19N7O6. The minimum absolute atomic E-state index is 0.152. The maximum absolute atomic E-state index is 12.6. The van der Waals surface area contributed by atoms with Gasteiger partial charge in [-0.05, 0) is 22.0 Å². The van der Waals surface area contributed by atoms with E-state index in [1.54, 1.807) is 20.3 Å². The normalized spacial score (nSPS) is 10.6. The maximum Gasteiger partial charge on any atom is 0.382 e. The minimum Gasteiger partial charge on any atom is -0.464 e. The molecule has 162 valence electrons. The third-order valence-corrected chi connectivity index (χ3v) is 4.41. The Bertz CT molecular complexity index is 1200. The highest BCUT2D eigenvalue weighted by molar-refractivity contribution is 6.06. The van der Waals surface area contributed by atoms with Gasteiger partial charge in [0.2, 0.25) is 0 Å². The van der Waals surface area contributed by atoms with Crippen LogP contribution in [0.3, 0.4) is 0 Å². The molecule has 0 aliphatic rings. The van der Waals surface area contributed by atoms with Crippen LogP contribution in [0.15, 0.2) is 30.7 Å². The summed E-state index contributed by atoms with van der Waals surface area (Å²) in [5.41, 5.74) is 1.18. The van der Waals surface area contributed by atoms with E-state index in [1.807, 2.05) is 0 Å². The Labute approximate surface area is 175 Å². The van der Waals surface area contributed by atoms with Crippen molar-refractivity contribution in [3.05, 3.63) is 58.0 Å². The van der Waals surface area contributed by atoms with Crippen LogP contribution < -0.4 is 10.6 Å². The molecule has 3 heterocycles. The fraction of sp³-hybridized carbons (Fsp3) is 0.222. The summed E-state index contributed by atoms with van der Waals surface area (Å²) in [6, 6.07) is 2.91. The SMILES string of the molecule is COC(=O)c1cc(NC(=O)c2cc(NC(=O)c3nc([N+](=O)[O-])cn3C)cn2C)cn1C. The molecule has 0 fully saturated rings. The fourth-order valence-electron chi connectivity index (χ4n) is 2.93. The van der Waals surface area contributed by atoms with E-state index >= 15 is 0 Å². The first-order chi connectivity index (χ1) is 14.6. The summed E-state index contributed by atoms with van der Waals surface area (Å²) in [4.78, 5) is 50.6. The molecular weight excluding hydrogens is 410 g/mol. The predicted molar refractivity (Wildman–Crippen MR) is 108 cm³/mol. The van der Waals surface area contributed by atoms with Gasteiger partial charge in [-0.25, -0.2) is 4.79 Å². The highest BCUT2D eigenvalue weighted by Crippen LogP contribution is 2.19. The van der Waals surface area contributed by atoms with Crippen molar-refractivity contribution in [2.45, 2.75) is 0 Å². The zero-order valence-electron chi connectivity index (χ0n) is 17.1. The largest absolute Gasteiger partial charge is 0.464 e. The van der Waals surface area contributed by atoms with Crippen molar-refractivity contribution in [1.82, 2.24) is 18.7 Å². The minimum atomic E-state index is -0.697. The molecule has 0 aromatic carbocycles. The van der Waals surface area contributed by atoms with Gasteiger partial charge in [-0.15, -0.1) is 0 Å². The topological polar surface area (TPSA) is 155 Å². The van der Waals surface area contributed by atoms with Crippen LogP contribution in [0.2, 0.25) is 0 Å². The lowest BCUT2D eigenvalue weighted by Gasteiger charge is -2.03. The lowest BCUT2D eigenvalue weighted by molar-refractivity contribution is -0.389. The van der Waals surface area contributed by atoms with Gasteiger partial charge < -0.3 is 39.2 Å². The lowest BCUT2D eigenvalue weighted by atomic mass is 10.3. The predicted octanol–water partition coefficient (Wildman–Crippen LogP) is 1.30. The average molecular weight is 429 g/mol. The van der Waals surface area contributed by atoms with Crippen LogP contribution in [-0.2, 0) is 25.9 Å². The number of carbonyl (C=O) groups is 3. The number of nitrogens with one attached hydrogen (secondary N) is 2. The van der Waals surface area contributed by atoms with Crippen molar-refractivity contribution in [1.29, 1.82) is 0 Å². The number of anilines is 2. The molecule has 3 aromatic heterocycles. The Kier molecular flexibility index (Phi) is 5.59. The Morgan fingerprint density at radius 3 is 2.03 bits per heavy atom. The smallest absolute Gasteiger partial charge is 0.382 e. The number of aryl methyl sites for hydroxylation is 3. The monoisotopic (exact) mass is 429 g/mol. The highest BCUT2D eigenvalue weighted by Gasteiger charge is 2.24. The molecule has 0 aliphatic heterocycles. The van der Waals surface area contributed by atoms with Crippen molar-refractivity contribution in [2.75, 3.05) is 17.7 Å². The molecule has 0 unspecified atom stereocenters. The molecule has 3 aromatic rings. The van der Waals surface area contributed by atoms with Gasteiger partial charge in [0.05, 0.1) is 18.5 Å². The molecule has 0 spiro atoms. The van der Waals surface area contributed by atoms with Crippen LogP contribution >= 0.6 is 0 Å². The van der Waals surface area contributed by atoms with E-state index < -0.39 is 28.5 Å². The van der Waals surface area contributed by atoms with E-state index in [4.69, 9.17) is 0 Å². The van der Waals surface area contributed by atoms with Crippen molar-refractivity contribution in [3.8, 4) is 0 Å². The molecule has 0 bridgehead atoms. The number of hydrogen-bond acceptors (Lipinski definition) is 7. The number of imidazole rings is 1. The molecule has 3 rings (SSSR count). The third-order valence-electron chi connectivity index (χ3n) is 4.41. The number of amides is 2.